The van der Waals surface area contributed by atoms with Gasteiger partial charge < -0.3 is 24.1 Å². The summed E-state index contributed by atoms with van der Waals surface area (Å²) >= 11 is 1.33. The van der Waals surface area contributed by atoms with Crippen LogP contribution in [0.15, 0.2) is 53.7 Å². The van der Waals surface area contributed by atoms with E-state index < -0.39 is 0 Å². The standard InChI is InChI=1S/C22H26N4O4S/c1-5-26-21(15(2)30-17-9-7-6-8-10-17)24-25-22(26)31-14-20(27)23-16-11-12-18(28-3)19(13-16)29-4/h6-13,15H,5,14H2,1-4H3,(H,23,27)/t15-/m1/s1. The van der Waals surface area contributed by atoms with Crippen molar-refractivity contribution in [2.45, 2.75) is 31.7 Å². The zero-order chi connectivity index (χ0) is 22.2. The Bertz CT molecular complexity index is 1010. The second kappa shape index (κ2) is 10.7. The van der Waals surface area contributed by atoms with Crippen LogP contribution >= 0.6 is 11.8 Å². The Labute approximate surface area is 185 Å². The molecule has 2 aromatic carbocycles. The molecule has 0 saturated carbocycles. The number of hydrogen-bond acceptors (Lipinski definition) is 7. The summed E-state index contributed by atoms with van der Waals surface area (Å²) in [5.41, 5.74) is 0.630. The quantitative estimate of drug-likeness (QED) is 0.471. The number of thioether (sulfide) groups is 1. The van der Waals surface area contributed by atoms with Crippen LogP contribution in [0.1, 0.15) is 25.8 Å². The topological polar surface area (TPSA) is 87.5 Å². The largest absolute Gasteiger partial charge is 0.493 e. The monoisotopic (exact) mass is 442 g/mol. The van der Waals surface area contributed by atoms with E-state index in [9.17, 15) is 4.79 Å². The molecule has 0 saturated heterocycles. The van der Waals surface area contributed by atoms with Crippen molar-refractivity contribution in [1.29, 1.82) is 0 Å². The summed E-state index contributed by atoms with van der Waals surface area (Å²) in [6, 6.07) is 14.8. The predicted molar refractivity (Wildman–Crippen MR) is 120 cm³/mol. The Kier molecular flexibility index (Phi) is 7.77. The van der Waals surface area contributed by atoms with Gasteiger partial charge in [-0.25, -0.2) is 0 Å². The molecular formula is C22H26N4O4S. The molecule has 1 N–H and O–H groups in total. The molecule has 9 heteroatoms. The van der Waals surface area contributed by atoms with Gasteiger partial charge in [-0.1, -0.05) is 30.0 Å². The van der Waals surface area contributed by atoms with Gasteiger partial charge in [0.2, 0.25) is 5.91 Å². The molecule has 0 aliphatic rings. The number of hydrogen-bond donors (Lipinski definition) is 1. The van der Waals surface area contributed by atoms with Crippen LogP contribution in [0, 0.1) is 0 Å². The zero-order valence-electron chi connectivity index (χ0n) is 18.0. The van der Waals surface area contributed by atoms with E-state index in [0.717, 1.165) is 5.75 Å². The Morgan fingerprint density at radius 3 is 2.52 bits per heavy atom. The second-order valence-corrected chi connectivity index (χ2v) is 7.51. The number of rotatable bonds is 10. The molecule has 1 aromatic heterocycles. The molecule has 1 amide bonds. The Hall–Kier alpha value is -3.20. The average molecular weight is 443 g/mol. The molecule has 0 unspecified atom stereocenters. The van der Waals surface area contributed by atoms with E-state index in [1.807, 2.05) is 48.7 Å². The van der Waals surface area contributed by atoms with E-state index in [2.05, 4.69) is 15.5 Å². The van der Waals surface area contributed by atoms with E-state index >= 15 is 0 Å². The first-order valence-electron chi connectivity index (χ1n) is 9.85. The normalized spacial score (nSPS) is 11.6. The molecule has 0 fully saturated rings. The van der Waals surface area contributed by atoms with Gasteiger partial charge in [-0.05, 0) is 38.1 Å². The van der Waals surface area contributed by atoms with Gasteiger partial charge in [-0.2, -0.15) is 0 Å². The molecule has 0 aliphatic carbocycles. The van der Waals surface area contributed by atoms with Gasteiger partial charge in [0.05, 0.1) is 20.0 Å². The van der Waals surface area contributed by atoms with Crippen LogP contribution in [0.5, 0.6) is 17.2 Å². The summed E-state index contributed by atoms with van der Waals surface area (Å²) in [6.07, 6.45) is -0.273. The van der Waals surface area contributed by atoms with Crippen molar-refractivity contribution in [1.82, 2.24) is 14.8 Å². The zero-order valence-corrected chi connectivity index (χ0v) is 18.8. The van der Waals surface area contributed by atoms with Crippen molar-refractivity contribution in [3.8, 4) is 17.2 Å². The average Bonchev–Trinajstić information content (AvgIpc) is 3.21. The highest BCUT2D eigenvalue weighted by Crippen LogP contribution is 2.30. The van der Waals surface area contributed by atoms with Gasteiger partial charge in [0.1, 0.15) is 5.75 Å². The summed E-state index contributed by atoms with van der Waals surface area (Å²) in [6.45, 7) is 4.61. The summed E-state index contributed by atoms with van der Waals surface area (Å²) in [7, 11) is 3.12. The van der Waals surface area contributed by atoms with Crippen molar-refractivity contribution in [2.24, 2.45) is 0 Å². The first-order valence-corrected chi connectivity index (χ1v) is 10.8. The highest BCUT2D eigenvalue weighted by molar-refractivity contribution is 7.99. The summed E-state index contributed by atoms with van der Waals surface area (Å²) in [4.78, 5) is 12.4. The van der Waals surface area contributed by atoms with Crippen LogP contribution in [0.3, 0.4) is 0 Å². The molecule has 0 bridgehead atoms. The Balaban J connectivity index is 1.62. The van der Waals surface area contributed by atoms with Crippen LogP contribution in [0.4, 0.5) is 5.69 Å². The van der Waals surface area contributed by atoms with Crippen molar-refractivity contribution < 1.29 is 19.0 Å². The molecule has 8 nitrogen and oxygen atoms in total. The van der Waals surface area contributed by atoms with E-state index in [1.54, 1.807) is 32.4 Å². The molecular weight excluding hydrogens is 416 g/mol. The maximum absolute atomic E-state index is 12.4. The first-order chi connectivity index (χ1) is 15.0. The minimum atomic E-state index is -0.273. The Morgan fingerprint density at radius 2 is 1.84 bits per heavy atom. The third-order valence-corrected chi connectivity index (χ3v) is 5.45. The van der Waals surface area contributed by atoms with Gasteiger partial charge >= 0.3 is 0 Å². The second-order valence-electron chi connectivity index (χ2n) is 6.56. The van der Waals surface area contributed by atoms with Crippen LogP contribution in [0.25, 0.3) is 0 Å². The maximum atomic E-state index is 12.4. The van der Waals surface area contributed by atoms with Gasteiger partial charge in [0.25, 0.3) is 0 Å². The molecule has 0 aliphatic heterocycles. The summed E-state index contributed by atoms with van der Waals surface area (Å²) in [5.74, 6) is 2.68. The predicted octanol–water partition coefficient (Wildman–Crippen LogP) is 4.19. The first kappa shape index (κ1) is 22.5. The number of methoxy groups -OCH3 is 2. The smallest absolute Gasteiger partial charge is 0.234 e. The summed E-state index contributed by atoms with van der Waals surface area (Å²) in [5, 5.41) is 12.1. The Morgan fingerprint density at radius 1 is 1.10 bits per heavy atom. The van der Waals surface area contributed by atoms with Crippen molar-refractivity contribution in [3.63, 3.8) is 0 Å². The van der Waals surface area contributed by atoms with E-state index in [1.165, 1.54) is 11.8 Å². The number of nitrogens with one attached hydrogen (secondary N) is 1. The molecule has 0 spiro atoms. The van der Waals surface area contributed by atoms with Crippen molar-refractivity contribution >= 4 is 23.4 Å². The van der Waals surface area contributed by atoms with Crippen LogP contribution < -0.4 is 19.5 Å². The number of aromatic nitrogens is 3. The van der Waals surface area contributed by atoms with Gasteiger partial charge in [-0.3, -0.25) is 4.79 Å². The van der Waals surface area contributed by atoms with E-state index in [-0.39, 0.29) is 17.8 Å². The van der Waals surface area contributed by atoms with Crippen molar-refractivity contribution in [2.75, 3.05) is 25.3 Å². The highest BCUT2D eigenvalue weighted by Gasteiger charge is 2.19. The van der Waals surface area contributed by atoms with Gasteiger partial charge in [0, 0.05) is 18.3 Å². The maximum Gasteiger partial charge on any atom is 0.234 e. The van der Waals surface area contributed by atoms with Crippen LogP contribution in [-0.2, 0) is 11.3 Å². The molecule has 3 aromatic rings. The SMILES string of the molecule is CCn1c(SCC(=O)Nc2ccc(OC)c(OC)c2)nnc1[C@@H](C)Oc1ccccc1. The highest BCUT2D eigenvalue weighted by atomic mass is 32.2. The molecule has 1 heterocycles. The number of carbonyl (C=O) groups is 1. The minimum absolute atomic E-state index is 0.155. The van der Waals surface area contributed by atoms with Crippen LogP contribution in [0.2, 0.25) is 0 Å². The lowest BCUT2D eigenvalue weighted by Crippen LogP contribution is -2.15. The molecule has 31 heavy (non-hydrogen) atoms. The summed E-state index contributed by atoms with van der Waals surface area (Å²) < 4.78 is 18.4. The van der Waals surface area contributed by atoms with E-state index in [4.69, 9.17) is 14.2 Å². The number of nitrogens with zero attached hydrogens (tertiary/aromatic N) is 3. The van der Waals surface area contributed by atoms with Gasteiger partial charge in [-0.15, -0.1) is 10.2 Å². The fourth-order valence-corrected chi connectivity index (χ4v) is 3.81. The van der Waals surface area contributed by atoms with Gasteiger partial charge in [0.15, 0.2) is 28.6 Å². The third-order valence-electron chi connectivity index (χ3n) is 4.48. The fourth-order valence-electron chi connectivity index (χ4n) is 3.00. The number of carbonyl (C=O) groups excluding carboxylic acids is 1. The lowest BCUT2D eigenvalue weighted by atomic mass is 10.2. The number of ether oxygens (including phenoxy) is 3. The van der Waals surface area contributed by atoms with E-state index in [0.29, 0.717) is 34.7 Å². The molecule has 1 atom stereocenters. The third kappa shape index (κ3) is 5.69. The number of para-hydroxylation sites is 1. The fraction of sp³-hybridized carbons (Fsp3) is 0.318. The van der Waals surface area contributed by atoms with Crippen LogP contribution in [-0.4, -0.2) is 40.6 Å². The minimum Gasteiger partial charge on any atom is -0.493 e. The molecule has 3 rings (SSSR count). The number of anilines is 1. The molecule has 164 valence electrons. The lowest BCUT2D eigenvalue weighted by Gasteiger charge is -2.15. The number of benzene rings is 2. The lowest BCUT2D eigenvalue weighted by molar-refractivity contribution is -0.113. The number of amides is 1. The molecule has 0 radical (unpaired) electrons. The van der Waals surface area contributed by atoms with Crippen molar-refractivity contribution in [3.05, 3.63) is 54.4 Å².